The van der Waals surface area contributed by atoms with Gasteiger partial charge in [-0.2, -0.15) is 0 Å². The zero-order valence-electron chi connectivity index (χ0n) is 22.0. The normalized spacial score (nSPS) is 16.4. The first kappa shape index (κ1) is 34.4. The van der Waals surface area contributed by atoms with E-state index in [-0.39, 0.29) is 43.7 Å². The van der Waals surface area contributed by atoms with Crippen LogP contribution in [0.25, 0.3) is 0 Å². The molecule has 3 N–H and O–H groups in total. The Morgan fingerprint density at radius 2 is 1.38 bits per heavy atom. The Hall–Kier alpha value is -2.60. The van der Waals surface area contributed by atoms with Crippen molar-refractivity contribution in [1.29, 1.82) is 0 Å². The lowest BCUT2D eigenvalue weighted by Gasteiger charge is -2.22. The summed E-state index contributed by atoms with van der Waals surface area (Å²) >= 11 is 0. The van der Waals surface area contributed by atoms with Gasteiger partial charge in [0.05, 0.1) is 14.2 Å². The molecule has 0 heterocycles. The Morgan fingerprint density at radius 3 is 1.85 bits per heavy atom. The standard InChI is InChI=1S/C17H21F2NO4.C9H15F2NO2.ClH/c1-23-15(21)14(10-17(18,19)9-12-7-8-12)20-16(22)24-11-13-5-3-2-4-6-13;1-14-8(13)7(12)5-9(10,11)4-6-2-3-6;/h2-6,12,14H,7-11H2,1H3,(H,20,22);6-7H,2-5,12H2,1H3;1H/t14-;7-;/m00./s1. The number of esters is 2. The maximum atomic E-state index is 14.0. The highest BCUT2D eigenvalue weighted by molar-refractivity contribution is 5.85. The van der Waals surface area contributed by atoms with Crippen molar-refractivity contribution in [2.75, 3.05) is 14.2 Å². The largest absolute Gasteiger partial charge is 0.468 e. The van der Waals surface area contributed by atoms with E-state index in [1.54, 1.807) is 24.3 Å². The third kappa shape index (κ3) is 14.4. The second kappa shape index (κ2) is 15.9. The number of rotatable bonds is 13. The summed E-state index contributed by atoms with van der Waals surface area (Å²) < 4.78 is 68.0. The molecule has 13 heteroatoms. The van der Waals surface area contributed by atoms with Crippen molar-refractivity contribution in [3.63, 3.8) is 0 Å². The summed E-state index contributed by atoms with van der Waals surface area (Å²) in [6.45, 7) is -0.0148. The first-order valence-corrected chi connectivity index (χ1v) is 12.5. The van der Waals surface area contributed by atoms with Crippen molar-refractivity contribution in [1.82, 2.24) is 5.32 Å². The molecule has 8 nitrogen and oxygen atoms in total. The molecule has 1 amide bonds. The molecule has 0 aromatic heterocycles. The molecule has 222 valence electrons. The lowest BCUT2D eigenvalue weighted by Crippen LogP contribution is -2.45. The number of hydrogen-bond donors (Lipinski definition) is 2. The number of halogens is 5. The van der Waals surface area contributed by atoms with Crippen LogP contribution in [0.15, 0.2) is 30.3 Å². The maximum absolute atomic E-state index is 14.0. The molecule has 2 saturated carbocycles. The average Bonchev–Trinajstić information content (AvgIpc) is 3.80. The van der Waals surface area contributed by atoms with Crippen LogP contribution in [0, 0.1) is 11.8 Å². The third-order valence-electron chi connectivity index (χ3n) is 6.08. The number of benzene rings is 1. The van der Waals surface area contributed by atoms with Crippen molar-refractivity contribution < 1.29 is 46.2 Å². The fourth-order valence-electron chi connectivity index (χ4n) is 3.75. The minimum absolute atomic E-state index is 0. The highest BCUT2D eigenvalue weighted by atomic mass is 35.5. The van der Waals surface area contributed by atoms with Crippen molar-refractivity contribution in [2.24, 2.45) is 17.6 Å². The number of alkyl halides is 4. The molecule has 2 fully saturated rings. The Balaban J connectivity index is 0.000000434. The van der Waals surface area contributed by atoms with Crippen LogP contribution in [0.4, 0.5) is 22.4 Å². The maximum Gasteiger partial charge on any atom is 0.408 e. The number of alkyl carbamates (subject to hydrolysis) is 1. The van der Waals surface area contributed by atoms with Crippen molar-refractivity contribution in [3.8, 4) is 0 Å². The number of carbonyl (C=O) groups excluding carboxylic acids is 3. The topological polar surface area (TPSA) is 117 Å². The minimum atomic E-state index is -3.03. The smallest absolute Gasteiger partial charge is 0.408 e. The van der Waals surface area contributed by atoms with Crippen LogP contribution < -0.4 is 11.1 Å². The molecule has 1 aromatic carbocycles. The molecular weight excluding hydrogens is 548 g/mol. The third-order valence-corrected chi connectivity index (χ3v) is 6.08. The van der Waals surface area contributed by atoms with Crippen LogP contribution in [0.2, 0.25) is 0 Å². The Bertz CT molecular complexity index is 917. The number of methoxy groups -OCH3 is 2. The molecule has 0 radical (unpaired) electrons. The van der Waals surface area contributed by atoms with Crippen LogP contribution in [-0.2, 0) is 30.4 Å². The van der Waals surface area contributed by atoms with E-state index in [4.69, 9.17) is 10.5 Å². The van der Waals surface area contributed by atoms with Gasteiger partial charge in [-0.3, -0.25) is 4.79 Å². The number of carbonyl (C=O) groups is 3. The molecule has 0 aliphatic heterocycles. The van der Waals surface area contributed by atoms with Gasteiger partial charge in [0, 0.05) is 25.7 Å². The molecule has 39 heavy (non-hydrogen) atoms. The molecule has 0 saturated heterocycles. The first-order valence-electron chi connectivity index (χ1n) is 12.5. The van der Waals surface area contributed by atoms with Crippen LogP contribution in [-0.4, -0.2) is 56.2 Å². The van der Waals surface area contributed by atoms with E-state index in [1.165, 1.54) is 0 Å². The summed E-state index contributed by atoms with van der Waals surface area (Å²) in [5.74, 6) is -7.44. The highest BCUT2D eigenvalue weighted by Crippen LogP contribution is 2.41. The predicted octanol–water partition coefficient (Wildman–Crippen LogP) is 5.01. The van der Waals surface area contributed by atoms with E-state index < -0.39 is 54.8 Å². The lowest BCUT2D eigenvalue weighted by atomic mass is 10.0. The second-order valence-corrected chi connectivity index (χ2v) is 9.83. The first-order chi connectivity index (χ1) is 17.8. The Labute approximate surface area is 231 Å². The van der Waals surface area contributed by atoms with Gasteiger partial charge in [-0.05, 0) is 43.1 Å². The fraction of sp³-hybridized carbons (Fsp3) is 0.654. The monoisotopic (exact) mass is 584 g/mol. The van der Waals surface area contributed by atoms with Crippen LogP contribution >= 0.6 is 12.4 Å². The summed E-state index contributed by atoms with van der Waals surface area (Å²) in [6.07, 6.45) is 0.518. The minimum Gasteiger partial charge on any atom is -0.468 e. The SMILES string of the molecule is COC(=O)[C@@H](N)CC(F)(F)CC1CC1.COC(=O)[C@H](CC(F)(F)CC1CC1)NC(=O)OCc1ccccc1.Cl. The number of amides is 1. The van der Waals surface area contributed by atoms with E-state index >= 15 is 0 Å². The number of nitrogens with one attached hydrogen (secondary N) is 1. The Morgan fingerprint density at radius 1 is 0.897 bits per heavy atom. The molecule has 2 aliphatic carbocycles. The number of hydrogen-bond acceptors (Lipinski definition) is 7. The van der Waals surface area contributed by atoms with E-state index in [9.17, 15) is 31.9 Å². The summed E-state index contributed by atoms with van der Waals surface area (Å²) in [5, 5.41) is 2.17. The van der Waals surface area contributed by atoms with Gasteiger partial charge >= 0.3 is 18.0 Å². The quantitative estimate of drug-likeness (QED) is 0.190. The summed E-state index contributed by atoms with van der Waals surface area (Å²) in [7, 11) is 2.23. The van der Waals surface area contributed by atoms with Gasteiger partial charge < -0.3 is 25.3 Å². The van der Waals surface area contributed by atoms with E-state index in [2.05, 4.69) is 14.8 Å². The summed E-state index contributed by atoms with van der Waals surface area (Å²) in [6, 6.07) is 6.25. The van der Waals surface area contributed by atoms with Gasteiger partial charge in [0.1, 0.15) is 18.7 Å². The van der Waals surface area contributed by atoms with Crippen LogP contribution in [0.3, 0.4) is 0 Å². The predicted molar refractivity (Wildman–Crippen MR) is 137 cm³/mol. The molecule has 2 aliphatic rings. The average molecular weight is 585 g/mol. The van der Waals surface area contributed by atoms with Gasteiger partial charge in [0.25, 0.3) is 11.8 Å². The zero-order chi connectivity index (χ0) is 28.3. The van der Waals surface area contributed by atoms with E-state index in [0.29, 0.717) is 0 Å². The van der Waals surface area contributed by atoms with Gasteiger partial charge in [0.2, 0.25) is 0 Å². The van der Waals surface area contributed by atoms with Gasteiger partial charge in [0.15, 0.2) is 0 Å². The van der Waals surface area contributed by atoms with Crippen molar-refractivity contribution >= 4 is 30.4 Å². The molecule has 0 unspecified atom stereocenters. The van der Waals surface area contributed by atoms with Gasteiger partial charge in [-0.25, -0.2) is 27.2 Å². The molecule has 2 atom stereocenters. The highest BCUT2D eigenvalue weighted by Gasteiger charge is 2.42. The number of nitrogens with two attached hydrogens (primary N) is 1. The summed E-state index contributed by atoms with van der Waals surface area (Å²) in [5.41, 5.74) is 6.01. The number of ether oxygens (including phenoxy) is 3. The van der Waals surface area contributed by atoms with Gasteiger partial charge in [-0.1, -0.05) is 30.3 Å². The fourth-order valence-corrected chi connectivity index (χ4v) is 3.75. The van der Waals surface area contributed by atoms with Crippen LogP contribution in [0.5, 0.6) is 0 Å². The molecular formula is C26H37ClF4N2O6. The van der Waals surface area contributed by atoms with Gasteiger partial charge in [-0.15, -0.1) is 12.4 Å². The Kier molecular flexibility index (Phi) is 14.0. The second-order valence-electron chi connectivity index (χ2n) is 9.83. The molecule has 1 aromatic rings. The van der Waals surface area contributed by atoms with Crippen LogP contribution in [0.1, 0.15) is 56.9 Å². The zero-order valence-corrected chi connectivity index (χ0v) is 22.8. The molecule has 3 rings (SSSR count). The van der Waals surface area contributed by atoms with E-state index in [0.717, 1.165) is 45.5 Å². The summed E-state index contributed by atoms with van der Waals surface area (Å²) in [4.78, 5) is 34.3. The van der Waals surface area contributed by atoms with E-state index in [1.807, 2.05) is 6.07 Å². The van der Waals surface area contributed by atoms with Crippen molar-refractivity contribution in [3.05, 3.63) is 35.9 Å². The molecule has 0 bridgehead atoms. The molecule has 0 spiro atoms. The van der Waals surface area contributed by atoms with Crippen molar-refractivity contribution in [2.45, 2.75) is 81.9 Å². The lowest BCUT2D eigenvalue weighted by molar-refractivity contribution is -0.146.